The van der Waals surface area contributed by atoms with Gasteiger partial charge in [-0.1, -0.05) is 54.6 Å². The topological polar surface area (TPSA) is 55.4 Å². The van der Waals surface area contributed by atoms with E-state index >= 15 is 0 Å². The summed E-state index contributed by atoms with van der Waals surface area (Å²) in [5.74, 6) is 0.122. The molecule has 0 atom stereocenters. The van der Waals surface area contributed by atoms with Crippen molar-refractivity contribution >= 4 is 17.4 Å². The second-order valence-electron chi connectivity index (χ2n) is 5.43. The summed E-state index contributed by atoms with van der Waals surface area (Å²) < 4.78 is 5.16. The number of carbonyl (C=O) groups excluding carboxylic acids is 2. The van der Waals surface area contributed by atoms with Crippen molar-refractivity contribution in [1.29, 1.82) is 0 Å². The van der Waals surface area contributed by atoms with Crippen LogP contribution in [-0.2, 0) is 0 Å². The number of ketones is 1. The summed E-state index contributed by atoms with van der Waals surface area (Å²) in [4.78, 5) is 25.4. The Bertz CT molecular complexity index is 904. The zero-order valence-electron chi connectivity index (χ0n) is 13.7. The zero-order chi connectivity index (χ0) is 17.6. The molecule has 0 aliphatic heterocycles. The molecule has 3 rings (SSSR count). The van der Waals surface area contributed by atoms with Crippen molar-refractivity contribution in [3.05, 3.63) is 95.6 Å². The maximum absolute atomic E-state index is 12.7. The third-order valence-corrected chi connectivity index (χ3v) is 3.78. The minimum atomic E-state index is -0.340. The second kappa shape index (κ2) is 7.45. The molecule has 0 saturated heterocycles. The lowest BCUT2D eigenvalue weighted by molar-refractivity contribution is 0.0996. The molecule has 25 heavy (non-hydrogen) atoms. The Morgan fingerprint density at radius 3 is 2.20 bits per heavy atom. The number of ether oxygens (including phenoxy) is 1. The SMILES string of the molecule is COc1cccc(NC(=O)c2ccccc2C(=O)c2ccccc2)c1. The van der Waals surface area contributed by atoms with Crippen LogP contribution in [0.1, 0.15) is 26.3 Å². The van der Waals surface area contributed by atoms with Crippen LogP contribution < -0.4 is 10.1 Å². The highest BCUT2D eigenvalue weighted by Crippen LogP contribution is 2.20. The first kappa shape index (κ1) is 16.5. The Balaban J connectivity index is 1.90. The molecule has 4 heteroatoms. The molecule has 124 valence electrons. The summed E-state index contributed by atoms with van der Waals surface area (Å²) in [6.45, 7) is 0. The summed E-state index contributed by atoms with van der Waals surface area (Å²) in [5.41, 5.74) is 1.85. The van der Waals surface area contributed by atoms with Gasteiger partial charge < -0.3 is 10.1 Å². The lowest BCUT2D eigenvalue weighted by Crippen LogP contribution is -2.17. The van der Waals surface area contributed by atoms with Crippen molar-refractivity contribution in [3.63, 3.8) is 0 Å². The monoisotopic (exact) mass is 331 g/mol. The molecule has 0 radical (unpaired) electrons. The number of benzene rings is 3. The van der Waals surface area contributed by atoms with Gasteiger partial charge in [0.15, 0.2) is 5.78 Å². The highest BCUT2D eigenvalue weighted by Gasteiger charge is 2.18. The third kappa shape index (κ3) is 3.75. The molecule has 0 bridgehead atoms. The van der Waals surface area contributed by atoms with Crippen LogP contribution in [0.4, 0.5) is 5.69 Å². The van der Waals surface area contributed by atoms with Crippen LogP contribution >= 0.6 is 0 Å². The molecule has 0 unspecified atom stereocenters. The van der Waals surface area contributed by atoms with Gasteiger partial charge in [0.2, 0.25) is 0 Å². The quantitative estimate of drug-likeness (QED) is 0.714. The number of nitrogens with one attached hydrogen (secondary N) is 1. The minimum Gasteiger partial charge on any atom is -0.497 e. The van der Waals surface area contributed by atoms with Gasteiger partial charge >= 0.3 is 0 Å². The molecule has 0 fully saturated rings. The van der Waals surface area contributed by atoms with E-state index < -0.39 is 0 Å². The van der Waals surface area contributed by atoms with Crippen molar-refractivity contribution in [1.82, 2.24) is 0 Å². The maximum atomic E-state index is 12.7. The van der Waals surface area contributed by atoms with Gasteiger partial charge in [-0.15, -0.1) is 0 Å². The maximum Gasteiger partial charge on any atom is 0.256 e. The number of hydrogen-bond donors (Lipinski definition) is 1. The van der Waals surface area contributed by atoms with Crippen LogP contribution in [-0.4, -0.2) is 18.8 Å². The predicted octanol–water partition coefficient (Wildman–Crippen LogP) is 4.18. The fourth-order valence-electron chi connectivity index (χ4n) is 2.52. The Labute approximate surface area is 146 Å². The first-order chi connectivity index (χ1) is 12.2. The minimum absolute atomic E-state index is 0.183. The smallest absolute Gasteiger partial charge is 0.256 e. The van der Waals surface area contributed by atoms with Crippen molar-refractivity contribution in [2.75, 3.05) is 12.4 Å². The van der Waals surface area contributed by atoms with Gasteiger partial charge in [-0.3, -0.25) is 9.59 Å². The molecule has 1 N–H and O–H groups in total. The largest absolute Gasteiger partial charge is 0.497 e. The van der Waals surface area contributed by atoms with Crippen LogP contribution in [0.2, 0.25) is 0 Å². The first-order valence-corrected chi connectivity index (χ1v) is 7.83. The summed E-state index contributed by atoms with van der Waals surface area (Å²) in [6.07, 6.45) is 0. The molecule has 0 aliphatic rings. The van der Waals surface area contributed by atoms with Gasteiger partial charge in [0.1, 0.15) is 5.75 Å². The molecule has 0 heterocycles. The average molecular weight is 331 g/mol. The van der Waals surface area contributed by atoms with Crippen LogP contribution in [0.3, 0.4) is 0 Å². The van der Waals surface area contributed by atoms with Crippen molar-refractivity contribution < 1.29 is 14.3 Å². The number of rotatable bonds is 5. The molecular formula is C21H17NO3. The molecule has 0 spiro atoms. The van der Waals surface area contributed by atoms with E-state index in [1.54, 1.807) is 79.9 Å². The Hall–Kier alpha value is -3.40. The second-order valence-corrected chi connectivity index (χ2v) is 5.43. The Morgan fingerprint density at radius 2 is 1.48 bits per heavy atom. The van der Waals surface area contributed by atoms with E-state index in [-0.39, 0.29) is 11.7 Å². The first-order valence-electron chi connectivity index (χ1n) is 7.83. The van der Waals surface area contributed by atoms with Gasteiger partial charge in [0, 0.05) is 22.9 Å². The van der Waals surface area contributed by atoms with Gasteiger partial charge in [-0.25, -0.2) is 0 Å². The van der Waals surface area contributed by atoms with E-state index in [4.69, 9.17) is 4.74 Å². The predicted molar refractivity (Wildman–Crippen MR) is 97.3 cm³/mol. The zero-order valence-corrected chi connectivity index (χ0v) is 13.7. The summed E-state index contributed by atoms with van der Waals surface area (Å²) in [7, 11) is 1.56. The average Bonchev–Trinajstić information content (AvgIpc) is 2.68. The van der Waals surface area contributed by atoms with E-state index in [1.807, 2.05) is 6.07 Å². The summed E-state index contributed by atoms with van der Waals surface area (Å²) in [6, 6.07) is 22.8. The van der Waals surface area contributed by atoms with Gasteiger partial charge in [0.25, 0.3) is 5.91 Å². The summed E-state index contributed by atoms with van der Waals surface area (Å²) >= 11 is 0. The molecule has 1 amide bonds. The van der Waals surface area contributed by atoms with E-state index in [0.29, 0.717) is 28.1 Å². The number of carbonyl (C=O) groups is 2. The lowest BCUT2D eigenvalue weighted by Gasteiger charge is -2.10. The number of hydrogen-bond acceptors (Lipinski definition) is 3. The molecule has 3 aromatic rings. The highest BCUT2D eigenvalue weighted by atomic mass is 16.5. The molecule has 0 aliphatic carbocycles. The third-order valence-electron chi connectivity index (χ3n) is 3.78. The summed E-state index contributed by atoms with van der Waals surface area (Å²) in [5, 5.41) is 2.81. The van der Waals surface area contributed by atoms with Gasteiger partial charge in [0.05, 0.1) is 12.7 Å². The van der Waals surface area contributed by atoms with E-state index in [9.17, 15) is 9.59 Å². The van der Waals surface area contributed by atoms with Crippen LogP contribution in [0.25, 0.3) is 0 Å². The normalized spacial score (nSPS) is 10.1. The number of anilines is 1. The lowest BCUT2D eigenvalue weighted by atomic mass is 9.98. The number of methoxy groups -OCH3 is 1. The van der Waals surface area contributed by atoms with Crippen molar-refractivity contribution in [2.24, 2.45) is 0 Å². The Morgan fingerprint density at radius 1 is 0.800 bits per heavy atom. The van der Waals surface area contributed by atoms with Gasteiger partial charge in [-0.2, -0.15) is 0 Å². The molecule has 3 aromatic carbocycles. The van der Waals surface area contributed by atoms with Crippen LogP contribution in [0, 0.1) is 0 Å². The van der Waals surface area contributed by atoms with E-state index in [0.717, 1.165) is 0 Å². The van der Waals surface area contributed by atoms with Crippen LogP contribution in [0.5, 0.6) is 5.75 Å². The van der Waals surface area contributed by atoms with Gasteiger partial charge in [-0.05, 0) is 18.2 Å². The highest BCUT2D eigenvalue weighted by molar-refractivity contribution is 6.17. The number of amides is 1. The molecule has 4 nitrogen and oxygen atoms in total. The standard InChI is InChI=1S/C21H17NO3/c1-25-17-11-7-10-16(14-17)22-21(24)19-13-6-5-12-18(19)20(23)15-8-3-2-4-9-15/h2-14H,1H3,(H,22,24). The Kier molecular flexibility index (Phi) is 4.90. The molecule has 0 aromatic heterocycles. The van der Waals surface area contributed by atoms with E-state index in [2.05, 4.69) is 5.32 Å². The van der Waals surface area contributed by atoms with Crippen molar-refractivity contribution in [3.8, 4) is 5.75 Å². The molecule has 0 saturated carbocycles. The van der Waals surface area contributed by atoms with Crippen LogP contribution in [0.15, 0.2) is 78.9 Å². The fourth-order valence-corrected chi connectivity index (χ4v) is 2.52. The fraction of sp³-hybridized carbons (Fsp3) is 0.0476. The van der Waals surface area contributed by atoms with E-state index in [1.165, 1.54) is 0 Å². The van der Waals surface area contributed by atoms with Crippen molar-refractivity contribution in [2.45, 2.75) is 0 Å². The molecular weight excluding hydrogens is 314 g/mol.